The highest BCUT2D eigenvalue weighted by Crippen LogP contribution is 2.43. The van der Waals surface area contributed by atoms with Crippen molar-refractivity contribution in [2.75, 3.05) is 0 Å². The Morgan fingerprint density at radius 1 is 0.271 bits per heavy atom. The molecule has 0 saturated heterocycles. The summed E-state index contributed by atoms with van der Waals surface area (Å²) >= 11 is 0. The van der Waals surface area contributed by atoms with E-state index in [1.165, 1.54) is 16.3 Å². The lowest BCUT2D eigenvalue weighted by Crippen LogP contribution is -2.00. The molecule has 0 aliphatic rings. The lowest BCUT2D eigenvalue weighted by Gasteiger charge is -2.11. The maximum atomic E-state index is 6.79. The van der Waals surface area contributed by atoms with Gasteiger partial charge in [-0.2, -0.15) is 0 Å². The second-order valence-electron chi connectivity index (χ2n) is 14.7. The molecule has 0 aliphatic carbocycles. The highest BCUT2D eigenvalue weighted by Gasteiger charge is 2.21. The van der Waals surface area contributed by atoms with Crippen molar-refractivity contribution in [3.63, 3.8) is 0 Å². The van der Waals surface area contributed by atoms with Gasteiger partial charge >= 0.3 is 0 Å². The zero-order chi connectivity index (χ0) is 39.1. The van der Waals surface area contributed by atoms with Crippen LogP contribution in [0.2, 0.25) is 0 Å². The molecule has 11 rings (SSSR count). The van der Waals surface area contributed by atoms with Gasteiger partial charge in [0.15, 0.2) is 17.5 Å². The van der Waals surface area contributed by atoms with Crippen molar-refractivity contribution >= 4 is 32.7 Å². The van der Waals surface area contributed by atoms with Gasteiger partial charge in [0.1, 0.15) is 11.2 Å². The van der Waals surface area contributed by atoms with Crippen LogP contribution in [0.4, 0.5) is 0 Å². The van der Waals surface area contributed by atoms with Crippen LogP contribution in [0, 0.1) is 0 Å². The quantitative estimate of drug-likeness (QED) is 0.163. The second kappa shape index (κ2) is 14.5. The SMILES string of the molecule is c1ccc(-c2ccc(-c3nc(-c4ccc(-c5cccc6ccccc56)cc4)nc(-c4cccc5oc6c(-c7ccccc7-c7ccccc7)cccc6c45)n3)cc2)cc1. The maximum absolute atomic E-state index is 6.79. The number of rotatable bonds is 7. The number of para-hydroxylation sites is 1. The fourth-order valence-corrected chi connectivity index (χ4v) is 8.31. The molecule has 2 aromatic heterocycles. The van der Waals surface area contributed by atoms with Crippen molar-refractivity contribution in [2.45, 2.75) is 0 Å². The predicted molar refractivity (Wildman–Crippen MR) is 243 cm³/mol. The van der Waals surface area contributed by atoms with E-state index in [0.717, 1.165) is 77.6 Å². The number of nitrogens with zero attached hydrogens (tertiary/aromatic N) is 3. The standard InChI is InChI=1S/C55H35N3O/c1-3-14-36(15-4-1)37-28-32-41(33-29-37)53-56-54(42-34-30-40(31-35-42)44-23-11-19-39-18-7-8-20-43(39)44)58-55(57-53)49-26-13-27-50-51(49)48-25-12-24-47(52(48)59-50)46-22-10-9-21-45(46)38-16-5-2-6-17-38/h1-35H. The van der Waals surface area contributed by atoms with E-state index in [-0.39, 0.29) is 0 Å². The fraction of sp³-hybridized carbons (Fsp3) is 0. The summed E-state index contributed by atoms with van der Waals surface area (Å²) in [5, 5.41) is 4.41. The van der Waals surface area contributed by atoms with Crippen molar-refractivity contribution in [3.8, 4) is 78.7 Å². The zero-order valence-electron chi connectivity index (χ0n) is 32.0. The van der Waals surface area contributed by atoms with E-state index in [4.69, 9.17) is 19.4 Å². The summed E-state index contributed by atoms with van der Waals surface area (Å²) in [6.45, 7) is 0. The highest BCUT2D eigenvalue weighted by molar-refractivity contribution is 6.15. The first-order valence-corrected chi connectivity index (χ1v) is 19.9. The lowest BCUT2D eigenvalue weighted by molar-refractivity contribution is 0.670. The van der Waals surface area contributed by atoms with Crippen LogP contribution in [0.25, 0.3) is 111 Å². The van der Waals surface area contributed by atoms with E-state index in [2.05, 4.69) is 188 Å². The Balaban J connectivity index is 1.07. The molecule has 0 aliphatic heterocycles. The molecule has 276 valence electrons. The van der Waals surface area contributed by atoms with Crippen LogP contribution in [0.15, 0.2) is 217 Å². The zero-order valence-corrected chi connectivity index (χ0v) is 32.0. The Labute approximate surface area is 341 Å². The van der Waals surface area contributed by atoms with Crippen molar-refractivity contribution in [1.82, 2.24) is 15.0 Å². The van der Waals surface area contributed by atoms with Gasteiger partial charge in [-0.25, -0.2) is 15.0 Å². The van der Waals surface area contributed by atoms with Gasteiger partial charge in [0.05, 0.1) is 0 Å². The average molecular weight is 754 g/mol. The fourth-order valence-electron chi connectivity index (χ4n) is 8.31. The van der Waals surface area contributed by atoms with Gasteiger partial charge in [-0.1, -0.05) is 206 Å². The minimum atomic E-state index is 0.582. The van der Waals surface area contributed by atoms with Crippen LogP contribution in [0.1, 0.15) is 0 Å². The molecule has 9 aromatic carbocycles. The minimum absolute atomic E-state index is 0.582. The highest BCUT2D eigenvalue weighted by atomic mass is 16.3. The van der Waals surface area contributed by atoms with Gasteiger partial charge in [-0.3, -0.25) is 0 Å². The first kappa shape index (κ1) is 34.3. The third-order valence-electron chi connectivity index (χ3n) is 11.2. The Morgan fingerprint density at radius 2 is 0.729 bits per heavy atom. The van der Waals surface area contributed by atoms with Gasteiger partial charge in [-0.15, -0.1) is 0 Å². The molecule has 11 aromatic rings. The lowest BCUT2D eigenvalue weighted by atomic mass is 9.93. The summed E-state index contributed by atoms with van der Waals surface area (Å²) in [7, 11) is 0. The molecule has 4 heteroatoms. The number of benzene rings is 9. The van der Waals surface area contributed by atoms with Crippen LogP contribution in [-0.2, 0) is 0 Å². The average Bonchev–Trinajstić information content (AvgIpc) is 3.71. The Kier molecular flexibility index (Phi) is 8.45. The van der Waals surface area contributed by atoms with Gasteiger partial charge in [0.2, 0.25) is 0 Å². The summed E-state index contributed by atoms with van der Waals surface area (Å²) in [5.41, 5.74) is 13.4. The number of hydrogen-bond acceptors (Lipinski definition) is 4. The first-order valence-electron chi connectivity index (χ1n) is 19.9. The van der Waals surface area contributed by atoms with E-state index >= 15 is 0 Å². The number of fused-ring (bicyclic) bond motifs is 4. The second-order valence-corrected chi connectivity index (χ2v) is 14.7. The van der Waals surface area contributed by atoms with E-state index in [1.807, 2.05) is 24.3 Å². The molecule has 2 heterocycles. The normalized spacial score (nSPS) is 11.4. The van der Waals surface area contributed by atoms with Gasteiger partial charge < -0.3 is 4.42 Å². The largest absolute Gasteiger partial charge is 0.455 e. The Morgan fingerprint density at radius 3 is 1.47 bits per heavy atom. The summed E-state index contributed by atoms with van der Waals surface area (Å²) < 4.78 is 6.79. The molecule has 0 saturated carbocycles. The van der Waals surface area contributed by atoms with Crippen LogP contribution < -0.4 is 0 Å². The molecule has 0 bridgehead atoms. The Hall–Kier alpha value is -7.95. The third-order valence-corrected chi connectivity index (χ3v) is 11.2. The van der Waals surface area contributed by atoms with E-state index < -0.39 is 0 Å². The van der Waals surface area contributed by atoms with Crippen molar-refractivity contribution in [2.24, 2.45) is 0 Å². The monoisotopic (exact) mass is 753 g/mol. The van der Waals surface area contributed by atoms with E-state index in [1.54, 1.807) is 0 Å². The molecule has 0 fully saturated rings. The third kappa shape index (κ3) is 6.24. The van der Waals surface area contributed by atoms with E-state index in [9.17, 15) is 0 Å². The van der Waals surface area contributed by atoms with Crippen molar-refractivity contribution in [3.05, 3.63) is 212 Å². The molecule has 4 nitrogen and oxygen atoms in total. The number of hydrogen-bond donors (Lipinski definition) is 0. The van der Waals surface area contributed by atoms with Crippen molar-refractivity contribution < 1.29 is 4.42 Å². The number of aromatic nitrogens is 3. The molecule has 0 N–H and O–H groups in total. The predicted octanol–water partition coefficient (Wildman–Crippen LogP) is 14.6. The molecule has 0 atom stereocenters. The van der Waals surface area contributed by atoms with Crippen LogP contribution in [0.3, 0.4) is 0 Å². The van der Waals surface area contributed by atoms with Gasteiger partial charge in [0.25, 0.3) is 0 Å². The summed E-state index contributed by atoms with van der Waals surface area (Å²) in [4.78, 5) is 15.6. The molecular formula is C55H35N3O. The molecular weight excluding hydrogens is 719 g/mol. The molecule has 0 spiro atoms. The molecule has 59 heavy (non-hydrogen) atoms. The molecule has 0 unspecified atom stereocenters. The molecule has 0 radical (unpaired) electrons. The molecule has 0 amide bonds. The van der Waals surface area contributed by atoms with Crippen molar-refractivity contribution in [1.29, 1.82) is 0 Å². The topological polar surface area (TPSA) is 51.8 Å². The smallest absolute Gasteiger partial charge is 0.164 e. The van der Waals surface area contributed by atoms with Gasteiger partial charge in [-0.05, 0) is 55.8 Å². The minimum Gasteiger partial charge on any atom is -0.455 e. The summed E-state index contributed by atoms with van der Waals surface area (Å²) in [6.07, 6.45) is 0. The summed E-state index contributed by atoms with van der Waals surface area (Å²) in [6, 6.07) is 73.9. The van der Waals surface area contributed by atoms with Crippen LogP contribution in [0.5, 0.6) is 0 Å². The van der Waals surface area contributed by atoms with E-state index in [0.29, 0.717) is 17.5 Å². The Bertz CT molecular complexity index is 3290. The first-order chi connectivity index (χ1) is 29.2. The van der Waals surface area contributed by atoms with Crippen LogP contribution in [-0.4, -0.2) is 15.0 Å². The number of furan rings is 1. The van der Waals surface area contributed by atoms with Crippen LogP contribution >= 0.6 is 0 Å². The summed E-state index contributed by atoms with van der Waals surface area (Å²) in [5.74, 6) is 1.78. The van der Waals surface area contributed by atoms with Gasteiger partial charge in [0, 0.05) is 33.0 Å². The maximum Gasteiger partial charge on any atom is 0.164 e.